The van der Waals surface area contributed by atoms with Gasteiger partial charge in [-0.3, -0.25) is 9.69 Å². The van der Waals surface area contributed by atoms with Crippen molar-refractivity contribution in [2.24, 2.45) is 11.5 Å². The number of hydrogen-bond donors (Lipinski definition) is 3. The van der Waals surface area contributed by atoms with E-state index >= 15 is 0 Å². The Morgan fingerprint density at radius 1 is 1.41 bits per heavy atom. The molecule has 0 atom stereocenters. The van der Waals surface area contributed by atoms with E-state index in [0.29, 0.717) is 6.61 Å². The summed E-state index contributed by atoms with van der Waals surface area (Å²) in [5.74, 6) is 0. The highest BCUT2D eigenvalue weighted by Crippen LogP contribution is 1.97. The van der Waals surface area contributed by atoms with Crippen molar-refractivity contribution in [2.75, 3.05) is 39.5 Å². The lowest BCUT2D eigenvalue weighted by atomic mass is 10.3. The Kier molecular flexibility index (Phi) is 10.2. The highest BCUT2D eigenvalue weighted by molar-refractivity contribution is 7.96. The number of thiocarbonyl (C=S) groups is 1. The first-order valence-electron chi connectivity index (χ1n) is 5.23. The zero-order valence-electron chi connectivity index (χ0n) is 9.63. The molecule has 6 nitrogen and oxygen atoms in total. The summed E-state index contributed by atoms with van der Waals surface area (Å²) in [6, 6.07) is 0. The molecule has 17 heavy (non-hydrogen) atoms. The fourth-order valence-corrected chi connectivity index (χ4v) is 1.37. The number of carbonyl (C=O) groups is 1. The fourth-order valence-electron chi connectivity index (χ4n) is 1.29. The Balaban J connectivity index is 0.000000557. The predicted molar refractivity (Wildman–Crippen MR) is 73.2 cm³/mol. The first-order valence-corrected chi connectivity index (χ1v) is 6.08. The number of amides is 1. The molecule has 1 fully saturated rings. The summed E-state index contributed by atoms with van der Waals surface area (Å²) < 4.78 is 10.2. The molecule has 0 radical (unpaired) electrons. The molecule has 4 N–H and O–H groups in total. The highest BCUT2D eigenvalue weighted by Gasteiger charge is 2.08. The second kappa shape index (κ2) is 10.6. The predicted octanol–water partition coefficient (Wildman–Crippen LogP) is -0.0362. The Morgan fingerprint density at radius 2 is 1.94 bits per heavy atom. The minimum atomic E-state index is -0.639. The summed E-state index contributed by atoms with van der Waals surface area (Å²) in [7, 11) is 0. The van der Waals surface area contributed by atoms with Crippen molar-refractivity contribution in [1.29, 1.82) is 0 Å². The van der Waals surface area contributed by atoms with Crippen LogP contribution in [0.2, 0.25) is 0 Å². The van der Waals surface area contributed by atoms with Gasteiger partial charge in [-0.05, 0) is 18.6 Å². The summed E-state index contributed by atoms with van der Waals surface area (Å²) in [6.07, 6.45) is 0.970. The van der Waals surface area contributed by atoms with Crippen molar-refractivity contribution in [3.8, 4) is 0 Å². The first kappa shape index (κ1) is 16.4. The lowest BCUT2D eigenvalue weighted by Gasteiger charge is -2.26. The van der Waals surface area contributed by atoms with E-state index in [-0.39, 0.29) is 5.17 Å². The number of primary amides is 1. The highest BCUT2D eigenvalue weighted by atomic mass is 32.1. The third-order valence-electron chi connectivity index (χ3n) is 1.97. The minimum absolute atomic E-state index is 0.141. The quantitative estimate of drug-likeness (QED) is 0.381. The SMILES string of the molecule is NC(=O)S.NC(=S)OCCCN1CCOCC1. The average molecular weight is 281 g/mol. The molecule has 0 bridgehead atoms. The second-order valence-corrected chi connectivity index (χ2v) is 4.16. The van der Waals surface area contributed by atoms with Crippen LogP contribution in [0.4, 0.5) is 4.79 Å². The molecule has 0 aromatic rings. The van der Waals surface area contributed by atoms with Gasteiger partial charge < -0.3 is 20.9 Å². The largest absolute Gasteiger partial charge is 0.471 e. The van der Waals surface area contributed by atoms with E-state index in [1.165, 1.54) is 0 Å². The number of carbonyl (C=O) groups excluding carboxylic acids is 1. The molecular formula is C9H19N3O3S2. The topological polar surface area (TPSA) is 90.8 Å². The maximum Gasteiger partial charge on any atom is 0.273 e. The Labute approximate surface area is 112 Å². The number of nitrogens with two attached hydrogens (primary N) is 2. The van der Waals surface area contributed by atoms with Crippen LogP contribution in [-0.4, -0.2) is 54.8 Å². The molecule has 0 spiro atoms. The number of nitrogens with zero attached hydrogens (tertiary/aromatic N) is 1. The molecule has 0 aromatic heterocycles. The third-order valence-corrected chi connectivity index (χ3v) is 2.08. The van der Waals surface area contributed by atoms with Crippen LogP contribution >= 0.6 is 24.8 Å². The Bertz CT molecular complexity index is 232. The molecule has 1 rings (SSSR count). The second-order valence-electron chi connectivity index (χ2n) is 3.31. The van der Waals surface area contributed by atoms with E-state index in [0.717, 1.165) is 39.3 Å². The molecule has 1 aliphatic heterocycles. The van der Waals surface area contributed by atoms with E-state index < -0.39 is 5.24 Å². The van der Waals surface area contributed by atoms with Crippen molar-refractivity contribution >= 4 is 35.3 Å². The van der Waals surface area contributed by atoms with Gasteiger partial charge in [0, 0.05) is 19.6 Å². The molecule has 0 unspecified atom stereocenters. The first-order chi connectivity index (χ1) is 8.02. The number of rotatable bonds is 4. The van der Waals surface area contributed by atoms with Gasteiger partial charge in [0.2, 0.25) is 0 Å². The molecule has 1 heterocycles. The van der Waals surface area contributed by atoms with Crippen LogP contribution in [-0.2, 0) is 9.47 Å². The maximum atomic E-state index is 9.09. The molecule has 0 aromatic carbocycles. The van der Waals surface area contributed by atoms with E-state index in [9.17, 15) is 0 Å². The third kappa shape index (κ3) is 13.4. The molecule has 0 aliphatic carbocycles. The van der Waals surface area contributed by atoms with Crippen LogP contribution in [0.15, 0.2) is 0 Å². The minimum Gasteiger partial charge on any atom is -0.471 e. The standard InChI is InChI=1S/C8H16N2O2S.CH3NOS/c9-8(13)12-5-1-2-10-3-6-11-7-4-10;2-1(3)4/h1-7H2,(H2,9,13);(H3,2,3,4). The number of hydrogen-bond acceptors (Lipinski definition) is 5. The van der Waals surface area contributed by atoms with Gasteiger partial charge in [0.1, 0.15) is 0 Å². The van der Waals surface area contributed by atoms with Crippen LogP contribution in [0.5, 0.6) is 0 Å². The van der Waals surface area contributed by atoms with Crippen LogP contribution in [0, 0.1) is 0 Å². The van der Waals surface area contributed by atoms with E-state index in [1.807, 2.05) is 0 Å². The van der Waals surface area contributed by atoms with Crippen molar-refractivity contribution in [2.45, 2.75) is 6.42 Å². The van der Waals surface area contributed by atoms with Gasteiger partial charge in [0.25, 0.3) is 10.4 Å². The molecule has 1 saturated heterocycles. The molecule has 1 amide bonds. The van der Waals surface area contributed by atoms with Crippen molar-refractivity contribution < 1.29 is 14.3 Å². The van der Waals surface area contributed by atoms with Crippen LogP contribution < -0.4 is 11.5 Å². The fraction of sp³-hybridized carbons (Fsp3) is 0.778. The van der Waals surface area contributed by atoms with Crippen molar-refractivity contribution in [3.05, 3.63) is 0 Å². The number of morpholine rings is 1. The summed E-state index contributed by atoms with van der Waals surface area (Å²) in [6.45, 7) is 5.38. The summed E-state index contributed by atoms with van der Waals surface area (Å²) in [5.41, 5.74) is 9.52. The molecule has 1 aliphatic rings. The van der Waals surface area contributed by atoms with Gasteiger partial charge in [-0.25, -0.2) is 0 Å². The number of thiol groups is 1. The molecule has 100 valence electrons. The lowest BCUT2D eigenvalue weighted by molar-refractivity contribution is 0.0356. The van der Waals surface area contributed by atoms with Gasteiger partial charge in [-0.2, -0.15) is 0 Å². The summed E-state index contributed by atoms with van der Waals surface area (Å²) in [4.78, 5) is 11.4. The summed E-state index contributed by atoms with van der Waals surface area (Å²) in [5, 5.41) is -0.498. The monoisotopic (exact) mass is 281 g/mol. The van der Waals surface area contributed by atoms with Gasteiger partial charge in [0.15, 0.2) is 0 Å². The molecular weight excluding hydrogens is 262 g/mol. The van der Waals surface area contributed by atoms with Crippen LogP contribution in [0.25, 0.3) is 0 Å². The van der Waals surface area contributed by atoms with E-state index in [1.54, 1.807) is 0 Å². The Hall–Kier alpha value is -0.570. The average Bonchev–Trinajstić information content (AvgIpc) is 2.25. The number of ether oxygens (including phenoxy) is 2. The van der Waals surface area contributed by atoms with Crippen molar-refractivity contribution in [3.63, 3.8) is 0 Å². The van der Waals surface area contributed by atoms with Gasteiger partial charge in [0.05, 0.1) is 19.8 Å². The maximum absolute atomic E-state index is 9.09. The zero-order valence-corrected chi connectivity index (χ0v) is 11.3. The van der Waals surface area contributed by atoms with Gasteiger partial charge >= 0.3 is 0 Å². The van der Waals surface area contributed by atoms with E-state index in [4.69, 9.17) is 20.0 Å². The molecule has 0 saturated carbocycles. The van der Waals surface area contributed by atoms with Gasteiger partial charge in [-0.1, -0.05) is 12.6 Å². The van der Waals surface area contributed by atoms with Crippen LogP contribution in [0.1, 0.15) is 6.42 Å². The van der Waals surface area contributed by atoms with Gasteiger partial charge in [-0.15, -0.1) is 0 Å². The molecule has 8 heteroatoms. The zero-order chi connectivity index (χ0) is 13.1. The Morgan fingerprint density at radius 3 is 2.41 bits per heavy atom. The normalized spacial score (nSPS) is 15.6. The summed E-state index contributed by atoms with van der Waals surface area (Å²) >= 11 is 7.69. The smallest absolute Gasteiger partial charge is 0.273 e. The van der Waals surface area contributed by atoms with Crippen LogP contribution in [0.3, 0.4) is 0 Å². The van der Waals surface area contributed by atoms with Crippen molar-refractivity contribution in [1.82, 2.24) is 4.90 Å². The van der Waals surface area contributed by atoms with E-state index in [2.05, 4.69) is 35.5 Å². The lowest BCUT2D eigenvalue weighted by Crippen LogP contribution is -2.37.